The molecule has 28 heavy (non-hydrogen) atoms. The lowest BCUT2D eigenvalue weighted by Crippen LogP contribution is -2.34. The molecule has 0 aromatic heterocycles. The minimum atomic E-state index is -3.44. The number of sulfonamides is 1. The lowest BCUT2D eigenvalue weighted by molar-refractivity contribution is 0.0470. The molecule has 2 aromatic carbocycles. The van der Waals surface area contributed by atoms with Gasteiger partial charge in [-0.3, -0.25) is 9.10 Å². The number of halogens is 2. The summed E-state index contributed by atoms with van der Waals surface area (Å²) in [5.74, 6) is -3.52. The second-order valence-corrected chi connectivity index (χ2v) is 8.44. The molecule has 0 N–H and O–H groups in total. The highest BCUT2D eigenvalue weighted by molar-refractivity contribution is 7.92. The monoisotopic (exact) mass is 409 g/mol. The van der Waals surface area contributed by atoms with E-state index in [2.05, 4.69) is 0 Å². The van der Waals surface area contributed by atoms with Crippen molar-refractivity contribution in [1.82, 2.24) is 0 Å². The Kier molecular flexibility index (Phi) is 5.20. The third-order valence-electron chi connectivity index (χ3n) is 4.40. The van der Waals surface area contributed by atoms with Crippen LogP contribution in [0.3, 0.4) is 0 Å². The van der Waals surface area contributed by atoms with Gasteiger partial charge in [-0.2, -0.15) is 0 Å². The summed E-state index contributed by atoms with van der Waals surface area (Å²) in [4.78, 5) is 24.2. The first-order chi connectivity index (χ1) is 13.1. The molecule has 0 bridgehead atoms. The topological polar surface area (TPSA) is 80.8 Å². The van der Waals surface area contributed by atoms with E-state index >= 15 is 0 Å². The molecule has 2 aromatic rings. The first-order valence-corrected chi connectivity index (χ1v) is 10.2. The first kappa shape index (κ1) is 19.9. The molecule has 1 heterocycles. The van der Waals surface area contributed by atoms with Gasteiger partial charge in [-0.25, -0.2) is 22.0 Å². The molecular weight excluding hydrogens is 392 g/mol. The summed E-state index contributed by atoms with van der Waals surface area (Å²) in [6, 6.07) is 6.68. The summed E-state index contributed by atoms with van der Waals surface area (Å²) >= 11 is 0. The van der Waals surface area contributed by atoms with E-state index in [1.54, 1.807) is 13.0 Å². The van der Waals surface area contributed by atoms with E-state index in [9.17, 15) is 26.8 Å². The van der Waals surface area contributed by atoms with Gasteiger partial charge >= 0.3 is 5.97 Å². The molecule has 9 heteroatoms. The number of ether oxygens (including phenoxy) is 1. The van der Waals surface area contributed by atoms with Crippen molar-refractivity contribution >= 4 is 27.5 Å². The lowest BCUT2D eigenvalue weighted by atomic mass is 10.0. The third-order valence-corrected chi connectivity index (χ3v) is 5.67. The van der Waals surface area contributed by atoms with Crippen LogP contribution in [0.25, 0.3) is 0 Å². The number of carbonyl (C=O) groups is 2. The third kappa shape index (κ3) is 3.89. The summed E-state index contributed by atoms with van der Waals surface area (Å²) in [6.45, 7) is 1.14. The van der Waals surface area contributed by atoms with Gasteiger partial charge in [0.15, 0.2) is 12.4 Å². The molecule has 0 aliphatic carbocycles. The van der Waals surface area contributed by atoms with Gasteiger partial charge in [-0.1, -0.05) is 0 Å². The van der Waals surface area contributed by atoms with Crippen molar-refractivity contribution in [2.24, 2.45) is 0 Å². The fourth-order valence-corrected chi connectivity index (χ4v) is 4.49. The Morgan fingerprint density at radius 2 is 1.89 bits per heavy atom. The number of rotatable bonds is 5. The number of anilines is 1. The molecule has 0 saturated carbocycles. The molecule has 3 rings (SSSR count). The molecular formula is C19H17F2NO5S. The van der Waals surface area contributed by atoms with E-state index in [4.69, 9.17) is 4.74 Å². The molecule has 0 fully saturated rings. The number of Topliss-reactive ketones (excluding diaryl/α,β-unsaturated/α-hetero) is 1. The van der Waals surface area contributed by atoms with Crippen LogP contribution in [0, 0.1) is 11.6 Å². The average molecular weight is 409 g/mol. The predicted octanol–water partition coefficient (Wildman–Crippen LogP) is 2.72. The number of fused-ring (bicyclic) bond motifs is 1. The van der Waals surface area contributed by atoms with Crippen LogP contribution < -0.4 is 4.31 Å². The van der Waals surface area contributed by atoms with Crippen LogP contribution in [0.4, 0.5) is 14.5 Å². The summed E-state index contributed by atoms with van der Waals surface area (Å²) in [5, 5.41) is 0. The minimum Gasteiger partial charge on any atom is -0.454 e. The van der Waals surface area contributed by atoms with Gasteiger partial charge in [0, 0.05) is 17.7 Å². The number of ketones is 1. The van der Waals surface area contributed by atoms with Crippen molar-refractivity contribution in [2.45, 2.75) is 19.4 Å². The molecule has 0 radical (unpaired) electrons. The molecule has 1 aliphatic heterocycles. The Labute approximate surface area is 160 Å². The average Bonchev–Trinajstić information content (AvgIpc) is 2.94. The van der Waals surface area contributed by atoms with Crippen LogP contribution in [-0.2, 0) is 21.2 Å². The normalized spacial score (nSPS) is 16.0. The van der Waals surface area contributed by atoms with E-state index in [1.165, 1.54) is 16.4 Å². The Morgan fingerprint density at radius 1 is 1.18 bits per heavy atom. The van der Waals surface area contributed by atoms with Gasteiger partial charge in [0.05, 0.1) is 17.5 Å². The quantitative estimate of drug-likeness (QED) is 0.560. The molecule has 1 aliphatic rings. The van der Waals surface area contributed by atoms with Crippen LogP contribution in [0.1, 0.15) is 33.2 Å². The number of benzene rings is 2. The molecule has 1 atom stereocenters. The lowest BCUT2D eigenvalue weighted by Gasteiger charge is -2.21. The zero-order valence-electron chi connectivity index (χ0n) is 15.1. The molecule has 0 unspecified atom stereocenters. The molecule has 0 amide bonds. The SMILES string of the molecule is C[C@H]1Cc2cc(C(=O)COC(=O)c3ccc(F)cc3F)ccc2N1S(C)(=O)=O. The smallest absolute Gasteiger partial charge is 0.341 e. The molecule has 148 valence electrons. The van der Waals surface area contributed by atoms with Crippen molar-refractivity contribution < 1.29 is 31.5 Å². The first-order valence-electron chi connectivity index (χ1n) is 8.35. The maximum atomic E-state index is 13.6. The second-order valence-electron chi connectivity index (χ2n) is 6.58. The van der Waals surface area contributed by atoms with E-state index in [1.807, 2.05) is 0 Å². The summed E-state index contributed by atoms with van der Waals surface area (Å²) in [5.41, 5.74) is 0.978. The van der Waals surface area contributed by atoms with Gasteiger partial charge in [-0.05, 0) is 49.2 Å². The Morgan fingerprint density at radius 3 is 2.54 bits per heavy atom. The van der Waals surface area contributed by atoms with E-state index in [-0.39, 0.29) is 11.6 Å². The van der Waals surface area contributed by atoms with Crippen LogP contribution in [-0.4, -0.2) is 39.1 Å². The summed E-state index contributed by atoms with van der Waals surface area (Å²) in [6.07, 6.45) is 1.57. The van der Waals surface area contributed by atoms with Crippen LogP contribution >= 0.6 is 0 Å². The van der Waals surface area contributed by atoms with Gasteiger partial charge < -0.3 is 4.74 Å². The highest BCUT2D eigenvalue weighted by atomic mass is 32.2. The van der Waals surface area contributed by atoms with Crippen molar-refractivity contribution in [3.63, 3.8) is 0 Å². The molecule has 6 nitrogen and oxygen atoms in total. The number of hydrogen-bond acceptors (Lipinski definition) is 5. The van der Waals surface area contributed by atoms with Crippen molar-refractivity contribution in [1.29, 1.82) is 0 Å². The maximum Gasteiger partial charge on any atom is 0.341 e. The van der Waals surface area contributed by atoms with Crippen molar-refractivity contribution in [3.8, 4) is 0 Å². The highest BCUT2D eigenvalue weighted by Gasteiger charge is 2.32. The fourth-order valence-electron chi connectivity index (χ4n) is 3.23. The number of hydrogen-bond donors (Lipinski definition) is 0. The van der Waals surface area contributed by atoms with Gasteiger partial charge in [-0.15, -0.1) is 0 Å². The predicted molar refractivity (Wildman–Crippen MR) is 97.9 cm³/mol. The Balaban J connectivity index is 1.72. The van der Waals surface area contributed by atoms with E-state index in [0.717, 1.165) is 18.4 Å². The van der Waals surface area contributed by atoms with E-state index in [0.29, 0.717) is 23.7 Å². The second kappa shape index (κ2) is 7.31. The zero-order valence-corrected chi connectivity index (χ0v) is 15.9. The number of carbonyl (C=O) groups excluding carboxylic acids is 2. The zero-order chi connectivity index (χ0) is 20.6. The standard InChI is InChI=1S/C19H17F2NO5S/c1-11-7-13-8-12(3-6-17(13)22(11)28(2,25)26)18(23)10-27-19(24)15-5-4-14(20)9-16(15)21/h3-6,8-9,11H,7,10H2,1-2H3/t11-/m0/s1. The fraction of sp³-hybridized carbons (Fsp3) is 0.263. The van der Waals surface area contributed by atoms with E-state index < -0.39 is 45.6 Å². The number of esters is 1. The van der Waals surface area contributed by atoms with Crippen LogP contribution in [0.5, 0.6) is 0 Å². The van der Waals surface area contributed by atoms with Gasteiger partial charge in [0.1, 0.15) is 11.6 Å². The molecule has 0 saturated heterocycles. The number of nitrogens with zero attached hydrogens (tertiary/aromatic N) is 1. The van der Waals surface area contributed by atoms with Gasteiger partial charge in [0.2, 0.25) is 10.0 Å². The van der Waals surface area contributed by atoms with Crippen LogP contribution in [0.2, 0.25) is 0 Å². The maximum absolute atomic E-state index is 13.6. The van der Waals surface area contributed by atoms with Crippen LogP contribution in [0.15, 0.2) is 36.4 Å². The minimum absolute atomic E-state index is 0.244. The largest absolute Gasteiger partial charge is 0.454 e. The Hall–Kier alpha value is -2.81. The summed E-state index contributed by atoms with van der Waals surface area (Å²) in [7, 11) is -3.44. The summed E-state index contributed by atoms with van der Waals surface area (Å²) < 4.78 is 56.5. The molecule has 0 spiro atoms. The Bertz CT molecular complexity index is 1070. The van der Waals surface area contributed by atoms with Crippen molar-refractivity contribution in [3.05, 3.63) is 64.7 Å². The highest BCUT2D eigenvalue weighted by Crippen LogP contribution is 2.34. The van der Waals surface area contributed by atoms with Gasteiger partial charge in [0.25, 0.3) is 0 Å². The van der Waals surface area contributed by atoms with Crippen molar-refractivity contribution in [2.75, 3.05) is 17.2 Å².